The second-order valence-corrected chi connectivity index (χ2v) is 1.66. The minimum atomic E-state index is -1.21. The third-order valence-electron chi connectivity index (χ3n) is 0.942. The fraction of sp³-hybridized carbons (Fsp3) is 0.400. The fourth-order valence-corrected chi connectivity index (χ4v) is 0.543. The molecule has 0 saturated heterocycles. The van der Waals surface area contributed by atoms with Crippen molar-refractivity contribution in [1.82, 2.24) is 10.3 Å². The van der Waals surface area contributed by atoms with Gasteiger partial charge in [-0.3, -0.25) is 0 Å². The molecule has 0 aliphatic carbocycles. The number of aromatic carboxylic acids is 1. The van der Waals surface area contributed by atoms with Gasteiger partial charge in [-0.25, -0.2) is 9.42 Å². The lowest BCUT2D eigenvalue weighted by atomic mass is 10.5. The molecular formula is C5H6N2O4. The van der Waals surface area contributed by atoms with Crippen LogP contribution in [-0.4, -0.2) is 28.0 Å². The summed E-state index contributed by atoms with van der Waals surface area (Å²) in [6.45, 7) is 2.04. The highest BCUT2D eigenvalue weighted by Crippen LogP contribution is 2.11. The van der Waals surface area contributed by atoms with Crippen LogP contribution in [0.4, 0.5) is 0 Å². The van der Waals surface area contributed by atoms with Gasteiger partial charge in [-0.15, -0.1) is 0 Å². The molecule has 0 aliphatic rings. The van der Waals surface area contributed by atoms with Crippen LogP contribution in [0.2, 0.25) is 0 Å². The van der Waals surface area contributed by atoms with E-state index in [1.54, 1.807) is 6.92 Å². The van der Waals surface area contributed by atoms with Gasteiger partial charge in [0.05, 0.1) is 6.61 Å². The van der Waals surface area contributed by atoms with Crippen LogP contribution in [-0.2, 0) is 0 Å². The van der Waals surface area contributed by atoms with Crippen LogP contribution < -0.4 is 4.74 Å². The van der Waals surface area contributed by atoms with Crippen LogP contribution in [0.15, 0.2) is 4.63 Å². The van der Waals surface area contributed by atoms with Crippen molar-refractivity contribution < 1.29 is 19.3 Å². The lowest BCUT2D eigenvalue weighted by Gasteiger charge is -1.94. The Hall–Kier alpha value is -1.59. The standard InChI is InChI=1S/C5H6N2O4/c1-2-10-4-3(5(8)9)6-11-7-4/h2H2,1H3,(H,8,9). The van der Waals surface area contributed by atoms with Crippen LogP contribution in [0.5, 0.6) is 5.88 Å². The SMILES string of the molecule is CCOc1nonc1C(=O)O. The number of nitrogens with zero attached hydrogens (tertiary/aromatic N) is 2. The number of aromatic nitrogens is 2. The van der Waals surface area contributed by atoms with Gasteiger partial charge in [0.2, 0.25) is 0 Å². The van der Waals surface area contributed by atoms with Crippen molar-refractivity contribution in [1.29, 1.82) is 0 Å². The first kappa shape index (κ1) is 7.52. The highest BCUT2D eigenvalue weighted by Gasteiger charge is 2.17. The molecule has 0 bridgehead atoms. The Labute approximate surface area is 61.7 Å². The molecule has 1 N–H and O–H groups in total. The van der Waals surface area contributed by atoms with Gasteiger partial charge in [-0.05, 0) is 17.2 Å². The van der Waals surface area contributed by atoms with E-state index >= 15 is 0 Å². The molecule has 0 spiro atoms. The second kappa shape index (κ2) is 3.00. The average molecular weight is 158 g/mol. The van der Waals surface area contributed by atoms with E-state index in [-0.39, 0.29) is 11.6 Å². The molecule has 0 radical (unpaired) electrons. The Bertz CT molecular complexity index is 257. The summed E-state index contributed by atoms with van der Waals surface area (Å²) in [6, 6.07) is 0. The van der Waals surface area contributed by atoms with E-state index in [1.807, 2.05) is 0 Å². The van der Waals surface area contributed by atoms with E-state index in [1.165, 1.54) is 0 Å². The topological polar surface area (TPSA) is 85.5 Å². The van der Waals surface area contributed by atoms with Crippen LogP contribution in [0.25, 0.3) is 0 Å². The Balaban J connectivity index is 2.87. The third-order valence-corrected chi connectivity index (χ3v) is 0.942. The maximum Gasteiger partial charge on any atom is 0.363 e. The highest BCUT2D eigenvalue weighted by atomic mass is 16.6. The largest absolute Gasteiger partial charge is 0.476 e. The number of carboxylic acids is 1. The Morgan fingerprint density at radius 3 is 3.00 bits per heavy atom. The van der Waals surface area contributed by atoms with Crippen molar-refractivity contribution in [2.24, 2.45) is 0 Å². The van der Waals surface area contributed by atoms with Gasteiger partial charge in [0.25, 0.3) is 11.6 Å². The molecule has 1 heterocycles. The van der Waals surface area contributed by atoms with Crippen molar-refractivity contribution in [3.8, 4) is 5.88 Å². The van der Waals surface area contributed by atoms with E-state index in [9.17, 15) is 4.79 Å². The first-order valence-corrected chi connectivity index (χ1v) is 2.94. The summed E-state index contributed by atoms with van der Waals surface area (Å²) < 4.78 is 8.94. The maximum absolute atomic E-state index is 10.3. The molecule has 1 aromatic heterocycles. The van der Waals surface area contributed by atoms with Crippen molar-refractivity contribution in [3.05, 3.63) is 5.69 Å². The third kappa shape index (κ3) is 1.46. The lowest BCUT2D eigenvalue weighted by Crippen LogP contribution is -2.01. The Morgan fingerprint density at radius 2 is 2.45 bits per heavy atom. The predicted molar refractivity (Wildman–Crippen MR) is 32.4 cm³/mol. The molecule has 0 saturated carbocycles. The summed E-state index contributed by atoms with van der Waals surface area (Å²) >= 11 is 0. The zero-order chi connectivity index (χ0) is 8.27. The van der Waals surface area contributed by atoms with E-state index in [0.717, 1.165) is 0 Å². The molecule has 0 unspecified atom stereocenters. The summed E-state index contributed by atoms with van der Waals surface area (Å²) in [5, 5.41) is 14.8. The molecule has 60 valence electrons. The quantitative estimate of drug-likeness (QED) is 0.674. The Kier molecular flexibility index (Phi) is 2.05. The van der Waals surface area contributed by atoms with Gasteiger partial charge >= 0.3 is 5.97 Å². The number of carbonyl (C=O) groups is 1. The van der Waals surface area contributed by atoms with E-state index < -0.39 is 5.97 Å². The molecule has 0 amide bonds. The smallest absolute Gasteiger partial charge is 0.363 e. The molecule has 11 heavy (non-hydrogen) atoms. The van der Waals surface area contributed by atoms with Crippen molar-refractivity contribution in [2.45, 2.75) is 6.92 Å². The van der Waals surface area contributed by atoms with E-state index in [4.69, 9.17) is 9.84 Å². The summed E-state index contributed by atoms with van der Waals surface area (Å²) in [6.07, 6.45) is 0. The zero-order valence-corrected chi connectivity index (χ0v) is 5.77. The second-order valence-electron chi connectivity index (χ2n) is 1.66. The van der Waals surface area contributed by atoms with Gasteiger partial charge in [0.1, 0.15) is 0 Å². The monoisotopic (exact) mass is 158 g/mol. The van der Waals surface area contributed by atoms with Crippen molar-refractivity contribution in [3.63, 3.8) is 0 Å². The molecule has 0 fully saturated rings. The number of hydrogen-bond donors (Lipinski definition) is 1. The summed E-state index contributed by atoms with van der Waals surface area (Å²) in [7, 11) is 0. The highest BCUT2D eigenvalue weighted by molar-refractivity contribution is 5.87. The average Bonchev–Trinajstić information content (AvgIpc) is 2.36. The molecule has 6 nitrogen and oxygen atoms in total. The maximum atomic E-state index is 10.3. The summed E-state index contributed by atoms with van der Waals surface area (Å²) in [5.74, 6) is -1.30. The van der Waals surface area contributed by atoms with Gasteiger partial charge in [-0.2, -0.15) is 0 Å². The van der Waals surface area contributed by atoms with E-state index in [2.05, 4.69) is 14.9 Å². The van der Waals surface area contributed by atoms with E-state index in [0.29, 0.717) is 6.61 Å². The van der Waals surface area contributed by atoms with Crippen LogP contribution >= 0.6 is 0 Å². The van der Waals surface area contributed by atoms with Gasteiger partial charge in [-0.1, -0.05) is 0 Å². The molecule has 0 aromatic carbocycles. The predicted octanol–water partition coefficient (Wildman–Crippen LogP) is 0.166. The first-order chi connectivity index (χ1) is 5.25. The molecular weight excluding hydrogens is 152 g/mol. The van der Waals surface area contributed by atoms with Crippen molar-refractivity contribution >= 4 is 5.97 Å². The number of rotatable bonds is 3. The molecule has 6 heteroatoms. The number of carboxylic acid groups (broad SMARTS) is 1. The van der Waals surface area contributed by atoms with Gasteiger partial charge < -0.3 is 9.84 Å². The number of ether oxygens (including phenoxy) is 1. The summed E-state index contributed by atoms with van der Waals surface area (Å²) in [5.41, 5.74) is -0.299. The molecule has 0 atom stereocenters. The van der Waals surface area contributed by atoms with Crippen LogP contribution in [0.3, 0.4) is 0 Å². The molecule has 0 aliphatic heterocycles. The molecule has 1 aromatic rings. The summed E-state index contributed by atoms with van der Waals surface area (Å²) in [4.78, 5) is 10.3. The normalized spacial score (nSPS) is 9.55. The van der Waals surface area contributed by atoms with Crippen LogP contribution in [0, 0.1) is 0 Å². The Morgan fingerprint density at radius 1 is 1.73 bits per heavy atom. The van der Waals surface area contributed by atoms with Crippen molar-refractivity contribution in [2.75, 3.05) is 6.61 Å². The zero-order valence-electron chi connectivity index (χ0n) is 5.77. The van der Waals surface area contributed by atoms with Gasteiger partial charge in [0.15, 0.2) is 0 Å². The minimum Gasteiger partial charge on any atom is -0.476 e. The number of hydrogen-bond acceptors (Lipinski definition) is 5. The lowest BCUT2D eigenvalue weighted by molar-refractivity contribution is 0.0681. The van der Waals surface area contributed by atoms with Crippen LogP contribution in [0.1, 0.15) is 17.4 Å². The minimum absolute atomic E-state index is 0.0833. The molecule has 1 rings (SSSR count). The van der Waals surface area contributed by atoms with Gasteiger partial charge in [0, 0.05) is 0 Å². The first-order valence-electron chi connectivity index (χ1n) is 2.94. The fourth-order valence-electron chi connectivity index (χ4n) is 0.543.